The fourth-order valence-corrected chi connectivity index (χ4v) is 2.54. The van der Waals surface area contributed by atoms with Crippen molar-refractivity contribution in [3.8, 4) is 0 Å². The molecule has 4 heteroatoms. The number of nitrogens with zero attached hydrogens (tertiary/aromatic N) is 3. The number of benzene rings is 2. The zero-order valence-electron chi connectivity index (χ0n) is 13.4. The fraction of sp³-hybridized carbons (Fsp3) is 0.211. The van der Waals surface area contributed by atoms with Gasteiger partial charge in [-0.15, -0.1) is 0 Å². The van der Waals surface area contributed by atoms with Gasteiger partial charge in [-0.25, -0.2) is 4.98 Å². The molecule has 116 valence electrons. The lowest BCUT2D eigenvalue weighted by Gasteiger charge is -2.21. The average molecular weight is 305 g/mol. The Morgan fingerprint density at radius 3 is 2.48 bits per heavy atom. The molecule has 1 aromatic heterocycles. The summed E-state index contributed by atoms with van der Waals surface area (Å²) in [6.07, 6.45) is 1.56. The van der Waals surface area contributed by atoms with Gasteiger partial charge in [-0.05, 0) is 37.1 Å². The van der Waals surface area contributed by atoms with Gasteiger partial charge >= 0.3 is 0 Å². The number of carbonyl (C=O) groups is 1. The summed E-state index contributed by atoms with van der Waals surface area (Å²) in [5, 5.41) is 0. The largest absolute Gasteiger partial charge is 0.333 e. The van der Waals surface area contributed by atoms with Gasteiger partial charge in [-0.1, -0.05) is 36.4 Å². The summed E-state index contributed by atoms with van der Waals surface area (Å²) in [6.45, 7) is 5.24. The monoisotopic (exact) mass is 305 g/mol. The van der Waals surface area contributed by atoms with Gasteiger partial charge in [0, 0.05) is 13.1 Å². The highest BCUT2D eigenvalue weighted by atomic mass is 16.2. The Kier molecular flexibility index (Phi) is 4.33. The molecule has 0 saturated carbocycles. The first kappa shape index (κ1) is 15.2. The van der Waals surface area contributed by atoms with E-state index in [0.717, 1.165) is 16.6 Å². The van der Waals surface area contributed by atoms with Gasteiger partial charge < -0.3 is 4.90 Å². The van der Waals surface area contributed by atoms with Gasteiger partial charge in [0.05, 0.1) is 17.2 Å². The standard InChI is InChI=1S/C19H19N3O/c1-3-22(13-15-9-5-4-8-14(15)2)19(23)18-12-20-16-10-6-7-11-17(16)21-18/h4-12H,3,13H2,1-2H3. The minimum atomic E-state index is -0.0889. The third-order valence-electron chi connectivity index (χ3n) is 3.96. The second-order valence-electron chi connectivity index (χ2n) is 5.49. The zero-order chi connectivity index (χ0) is 16.2. The van der Waals surface area contributed by atoms with Crippen molar-refractivity contribution < 1.29 is 4.79 Å². The molecule has 0 aliphatic heterocycles. The van der Waals surface area contributed by atoms with Crippen LogP contribution in [0.4, 0.5) is 0 Å². The summed E-state index contributed by atoms with van der Waals surface area (Å²) in [5.41, 5.74) is 4.26. The number of hydrogen-bond donors (Lipinski definition) is 0. The number of aryl methyl sites for hydroxylation is 1. The van der Waals surface area contributed by atoms with Crippen LogP contribution in [0.25, 0.3) is 11.0 Å². The first-order valence-electron chi connectivity index (χ1n) is 7.74. The van der Waals surface area contributed by atoms with E-state index in [0.29, 0.717) is 18.8 Å². The van der Waals surface area contributed by atoms with Crippen molar-refractivity contribution in [3.63, 3.8) is 0 Å². The summed E-state index contributed by atoms with van der Waals surface area (Å²) < 4.78 is 0. The van der Waals surface area contributed by atoms with Crippen LogP contribution in [0.3, 0.4) is 0 Å². The van der Waals surface area contributed by atoms with Crippen LogP contribution in [0.2, 0.25) is 0 Å². The normalized spacial score (nSPS) is 10.7. The van der Waals surface area contributed by atoms with E-state index in [1.807, 2.05) is 43.3 Å². The number of amides is 1. The third-order valence-corrected chi connectivity index (χ3v) is 3.96. The molecule has 4 nitrogen and oxygen atoms in total. The predicted octanol–water partition coefficient (Wildman–Crippen LogP) is 3.60. The molecule has 0 aliphatic rings. The summed E-state index contributed by atoms with van der Waals surface area (Å²) in [5.74, 6) is -0.0889. The summed E-state index contributed by atoms with van der Waals surface area (Å²) >= 11 is 0. The lowest BCUT2D eigenvalue weighted by molar-refractivity contribution is 0.0746. The highest BCUT2D eigenvalue weighted by Crippen LogP contribution is 2.14. The lowest BCUT2D eigenvalue weighted by atomic mass is 10.1. The Bertz CT molecular complexity index is 845. The second kappa shape index (κ2) is 6.57. The highest BCUT2D eigenvalue weighted by molar-refractivity contribution is 5.93. The number of para-hydroxylation sites is 2. The molecule has 0 atom stereocenters. The Balaban J connectivity index is 1.88. The average Bonchev–Trinajstić information content (AvgIpc) is 2.60. The van der Waals surface area contributed by atoms with E-state index in [4.69, 9.17) is 0 Å². The Hall–Kier alpha value is -2.75. The Labute approximate surface area is 135 Å². The molecule has 0 bridgehead atoms. The molecule has 23 heavy (non-hydrogen) atoms. The molecule has 1 heterocycles. The maximum atomic E-state index is 12.8. The van der Waals surface area contributed by atoms with Crippen molar-refractivity contribution in [2.24, 2.45) is 0 Å². The molecule has 0 fully saturated rings. The molecule has 2 aromatic carbocycles. The van der Waals surface area contributed by atoms with Gasteiger partial charge in [0.1, 0.15) is 5.69 Å². The molecule has 0 N–H and O–H groups in total. The summed E-state index contributed by atoms with van der Waals surface area (Å²) in [7, 11) is 0. The van der Waals surface area contributed by atoms with Gasteiger partial charge in [0.15, 0.2) is 0 Å². The van der Waals surface area contributed by atoms with Crippen LogP contribution < -0.4 is 0 Å². The number of carbonyl (C=O) groups excluding carboxylic acids is 1. The van der Waals surface area contributed by atoms with E-state index in [1.54, 1.807) is 11.1 Å². The maximum absolute atomic E-state index is 12.8. The van der Waals surface area contributed by atoms with E-state index in [2.05, 4.69) is 29.0 Å². The molecule has 3 rings (SSSR count). The molecule has 0 aliphatic carbocycles. The minimum Gasteiger partial charge on any atom is -0.333 e. The van der Waals surface area contributed by atoms with Gasteiger partial charge in [-0.2, -0.15) is 0 Å². The van der Waals surface area contributed by atoms with E-state index in [1.165, 1.54) is 5.56 Å². The van der Waals surface area contributed by atoms with Crippen LogP contribution in [0.15, 0.2) is 54.7 Å². The number of fused-ring (bicyclic) bond motifs is 1. The molecule has 0 unspecified atom stereocenters. The highest BCUT2D eigenvalue weighted by Gasteiger charge is 2.17. The quantitative estimate of drug-likeness (QED) is 0.740. The smallest absolute Gasteiger partial charge is 0.274 e. The van der Waals surface area contributed by atoms with Crippen LogP contribution in [0.5, 0.6) is 0 Å². The molecule has 1 amide bonds. The van der Waals surface area contributed by atoms with Gasteiger partial charge in [-0.3, -0.25) is 9.78 Å². The van der Waals surface area contributed by atoms with Crippen LogP contribution in [0, 0.1) is 6.92 Å². The minimum absolute atomic E-state index is 0.0889. The first-order chi connectivity index (χ1) is 11.2. The van der Waals surface area contributed by atoms with Crippen LogP contribution in [-0.2, 0) is 6.54 Å². The van der Waals surface area contributed by atoms with Crippen molar-refractivity contribution in [2.75, 3.05) is 6.54 Å². The van der Waals surface area contributed by atoms with Crippen LogP contribution >= 0.6 is 0 Å². The molecular formula is C19H19N3O. The summed E-state index contributed by atoms with van der Waals surface area (Å²) in [6, 6.07) is 15.7. The van der Waals surface area contributed by atoms with Crippen LogP contribution in [-0.4, -0.2) is 27.3 Å². The van der Waals surface area contributed by atoms with E-state index in [-0.39, 0.29) is 5.91 Å². The van der Waals surface area contributed by atoms with Crippen molar-refractivity contribution in [1.82, 2.24) is 14.9 Å². The topological polar surface area (TPSA) is 46.1 Å². The van der Waals surface area contributed by atoms with Crippen molar-refractivity contribution in [1.29, 1.82) is 0 Å². The van der Waals surface area contributed by atoms with Crippen molar-refractivity contribution in [3.05, 3.63) is 71.5 Å². The SMILES string of the molecule is CCN(Cc1ccccc1C)C(=O)c1cnc2ccccc2n1. The van der Waals surface area contributed by atoms with E-state index < -0.39 is 0 Å². The number of rotatable bonds is 4. The van der Waals surface area contributed by atoms with Gasteiger partial charge in [0.25, 0.3) is 5.91 Å². The van der Waals surface area contributed by atoms with Gasteiger partial charge in [0.2, 0.25) is 0 Å². The molecule has 0 spiro atoms. The molecule has 0 radical (unpaired) electrons. The molecular weight excluding hydrogens is 286 g/mol. The fourth-order valence-electron chi connectivity index (χ4n) is 2.54. The second-order valence-corrected chi connectivity index (χ2v) is 5.49. The Morgan fingerprint density at radius 2 is 1.74 bits per heavy atom. The van der Waals surface area contributed by atoms with E-state index >= 15 is 0 Å². The zero-order valence-corrected chi connectivity index (χ0v) is 13.4. The first-order valence-corrected chi connectivity index (χ1v) is 7.74. The van der Waals surface area contributed by atoms with E-state index in [9.17, 15) is 4.79 Å². The van der Waals surface area contributed by atoms with Crippen LogP contribution in [0.1, 0.15) is 28.5 Å². The number of hydrogen-bond acceptors (Lipinski definition) is 3. The maximum Gasteiger partial charge on any atom is 0.274 e. The third kappa shape index (κ3) is 3.21. The van der Waals surface area contributed by atoms with Crippen molar-refractivity contribution in [2.45, 2.75) is 20.4 Å². The molecule has 3 aromatic rings. The predicted molar refractivity (Wildman–Crippen MR) is 91.1 cm³/mol. The lowest BCUT2D eigenvalue weighted by Crippen LogP contribution is -2.31. The molecule has 0 saturated heterocycles. The Morgan fingerprint density at radius 1 is 1.04 bits per heavy atom. The number of aromatic nitrogens is 2. The summed E-state index contributed by atoms with van der Waals surface area (Å²) in [4.78, 5) is 23.3. The van der Waals surface area contributed by atoms with Crippen molar-refractivity contribution >= 4 is 16.9 Å².